The zero-order valence-electron chi connectivity index (χ0n) is 13.2. The maximum Gasteiger partial charge on any atom is 0.160 e. The molecule has 2 saturated heterocycles. The van der Waals surface area contributed by atoms with E-state index in [2.05, 4.69) is 39.3 Å². The fraction of sp³-hybridized carbons (Fsp3) is 0.647. The van der Waals surface area contributed by atoms with E-state index in [0.717, 1.165) is 17.7 Å². The highest BCUT2D eigenvalue weighted by Crippen LogP contribution is 2.33. The molecular formula is C17H24N4S. The summed E-state index contributed by atoms with van der Waals surface area (Å²) in [5, 5.41) is 0. The first-order valence-electron chi connectivity index (χ1n) is 8.42. The van der Waals surface area contributed by atoms with Gasteiger partial charge in [0.25, 0.3) is 0 Å². The number of hydrogen-bond donors (Lipinski definition) is 0. The second kappa shape index (κ2) is 6.20. The molecular weight excluding hydrogens is 292 g/mol. The molecule has 4 nitrogen and oxygen atoms in total. The monoisotopic (exact) mass is 316 g/mol. The number of fused-ring (bicyclic) bond motifs is 1. The van der Waals surface area contributed by atoms with Gasteiger partial charge < -0.3 is 9.47 Å². The summed E-state index contributed by atoms with van der Waals surface area (Å²) in [6.45, 7) is 2.26. The van der Waals surface area contributed by atoms with E-state index < -0.39 is 0 Å². The molecule has 2 unspecified atom stereocenters. The molecule has 0 amide bonds. The number of aromatic nitrogens is 3. The molecule has 2 aromatic rings. The van der Waals surface area contributed by atoms with Gasteiger partial charge in [-0.25, -0.2) is 9.97 Å². The van der Waals surface area contributed by atoms with E-state index >= 15 is 0 Å². The summed E-state index contributed by atoms with van der Waals surface area (Å²) in [5.74, 6) is 4.39. The van der Waals surface area contributed by atoms with Crippen LogP contribution in [0.2, 0.25) is 0 Å². The van der Waals surface area contributed by atoms with Gasteiger partial charge in [-0.2, -0.15) is 11.8 Å². The van der Waals surface area contributed by atoms with Gasteiger partial charge in [0, 0.05) is 30.5 Å². The van der Waals surface area contributed by atoms with Crippen molar-refractivity contribution in [3.63, 3.8) is 0 Å². The van der Waals surface area contributed by atoms with Crippen LogP contribution in [0, 0.1) is 0 Å². The number of pyridine rings is 1. The molecule has 0 aromatic carbocycles. The molecule has 2 fully saturated rings. The van der Waals surface area contributed by atoms with Crippen LogP contribution in [0.25, 0.3) is 11.2 Å². The van der Waals surface area contributed by atoms with Crippen molar-refractivity contribution in [2.45, 2.75) is 44.2 Å². The normalized spacial score (nSPS) is 26.8. The summed E-state index contributed by atoms with van der Waals surface area (Å²) in [6.07, 6.45) is 7.10. The van der Waals surface area contributed by atoms with Crippen molar-refractivity contribution in [2.75, 3.05) is 25.1 Å². The Labute approximate surface area is 136 Å². The maximum absolute atomic E-state index is 4.97. The summed E-state index contributed by atoms with van der Waals surface area (Å²) < 4.78 is 2.43. The highest BCUT2D eigenvalue weighted by Gasteiger charge is 2.27. The number of nitrogens with zero attached hydrogens (tertiary/aromatic N) is 4. The average Bonchev–Trinajstić information content (AvgIpc) is 3.13. The Balaban J connectivity index is 1.72. The fourth-order valence-electron chi connectivity index (χ4n) is 3.83. The molecule has 5 heteroatoms. The molecule has 4 rings (SSSR count). The standard InChI is InChI=1S/C17H24N4S/c1-20-9-3-6-14(20)11-21-16(13-5-4-10-22-12-13)19-15-7-2-8-18-17(15)21/h2,7-8,13-14H,3-6,9-12H2,1H3. The third-order valence-corrected chi connectivity index (χ3v) is 6.34. The van der Waals surface area contributed by atoms with Crippen LogP contribution in [0.1, 0.15) is 37.4 Å². The molecule has 0 saturated carbocycles. The minimum Gasteiger partial charge on any atom is -0.311 e. The van der Waals surface area contributed by atoms with Gasteiger partial charge in [-0.05, 0) is 57.2 Å². The molecule has 22 heavy (non-hydrogen) atoms. The van der Waals surface area contributed by atoms with Gasteiger partial charge in [0.2, 0.25) is 0 Å². The summed E-state index contributed by atoms with van der Waals surface area (Å²) in [7, 11) is 2.25. The quantitative estimate of drug-likeness (QED) is 0.871. The molecule has 0 radical (unpaired) electrons. The van der Waals surface area contributed by atoms with Gasteiger partial charge in [-0.1, -0.05) is 0 Å². The van der Waals surface area contributed by atoms with Crippen LogP contribution < -0.4 is 0 Å². The number of imidazole rings is 1. The number of rotatable bonds is 3. The van der Waals surface area contributed by atoms with E-state index in [0.29, 0.717) is 12.0 Å². The van der Waals surface area contributed by atoms with Crippen LogP contribution in [-0.4, -0.2) is 50.6 Å². The molecule has 4 heterocycles. The van der Waals surface area contributed by atoms with Crippen LogP contribution >= 0.6 is 11.8 Å². The Bertz CT molecular complexity index is 647. The lowest BCUT2D eigenvalue weighted by Gasteiger charge is -2.25. The lowest BCUT2D eigenvalue weighted by atomic mass is 10.0. The van der Waals surface area contributed by atoms with Crippen molar-refractivity contribution < 1.29 is 0 Å². The van der Waals surface area contributed by atoms with E-state index in [4.69, 9.17) is 4.98 Å². The Kier molecular flexibility index (Phi) is 4.09. The first kappa shape index (κ1) is 14.5. The minimum atomic E-state index is 0.597. The molecule has 118 valence electrons. The molecule has 2 atom stereocenters. The molecule has 2 aromatic heterocycles. The smallest absolute Gasteiger partial charge is 0.160 e. The van der Waals surface area contributed by atoms with Crippen molar-refractivity contribution in [1.82, 2.24) is 19.4 Å². The van der Waals surface area contributed by atoms with Gasteiger partial charge in [-0.3, -0.25) is 0 Å². The number of hydrogen-bond acceptors (Lipinski definition) is 4. The summed E-state index contributed by atoms with van der Waals surface area (Å²) in [6, 6.07) is 4.74. The Morgan fingerprint density at radius 2 is 2.27 bits per heavy atom. The zero-order valence-corrected chi connectivity index (χ0v) is 14.1. The molecule has 0 aliphatic carbocycles. The van der Waals surface area contributed by atoms with E-state index in [-0.39, 0.29) is 0 Å². The maximum atomic E-state index is 4.97. The van der Waals surface area contributed by atoms with E-state index in [9.17, 15) is 0 Å². The van der Waals surface area contributed by atoms with E-state index in [1.807, 2.05) is 12.3 Å². The third kappa shape index (κ3) is 2.65. The van der Waals surface area contributed by atoms with Crippen LogP contribution in [0.15, 0.2) is 18.3 Å². The topological polar surface area (TPSA) is 34.0 Å². The van der Waals surface area contributed by atoms with Crippen LogP contribution in [-0.2, 0) is 6.54 Å². The van der Waals surface area contributed by atoms with Crippen molar-refractivity contribution in [3.8, 4) is 0 Å². The van der Waals surface area contributed by atoms with Gasteiger partial charge in [0.05, 0.1) is 0 Å². The van der Waals surface area contributed by atoms with Crippen LogP contribution in [0.5, 0.6) is 0 Å². The molecule has 0 N–H and O–H groups in total. The largest absolute Gasteiger partial charge is 0.311 e. The first-order chi connectivity index (χ1) is 10.8. The molecule has 2 aliphatic heterocycles. The third-order valence-electron chi connectivity index (χ3n) is 5.12. The summed E-state index contributed by atoms with van der Waals surface area (Å²) >= 11 is 2.08. The van der Waals surface area contributed by atoms with Gasteiger partial charge >= 0.3 is 0 Å². The predicted molar refractivity (Wildman–Crippen MR) is 92.5 cm³/mol. The van der Waals surface area contributed by atoms with E-state index in [1.54, 1.807) is 0 Å². The van der Waals surface area contributed by atoms with Gasteiger partial charge in [0.1, 0.15) is 11.3 Å². The second-order valence-corrected chi connectivity index (χ2v) is 7.77. The van der Waals surface area contributed by atoms with Crippen molar-refractivity contribution in [3.05, 3.63) is 24.2 Å². The van der Waals surface area contributed by atoms with E-state index in [1.165, 1.54) is 49.6 Å². The van der Waals surface area contributed by atoms with Crippen molar-refractivity contribution in [2.24, 2.45) is 0 Å². The van der Waals surface area contributed by atoms with Gasteiger partial charge in [-0.15, -0.1) is 0 Å². The highest BCUT2D eigenvalue weighted by molar-refractivity contribution is 7.99. The number of thioether (sulfide) groups is 1. The molecule has 0 bridgehead atoms. The lowest BCUT2D eigenvalue weighted by Crippen LogP contribution is -2.30. The number of likely N-dealkylation sites (N-methyl/N-ethyl adjacent to an activating group) is 1. The van der Waals surface area contributed by atoms with Crippen LogP contribution in [0.3, 0.4) is 0 Å². The van der Waals surface area contributed by atoms with Crippen molar-refractivity contribution >= 4 is 22.9 Å². The first-order valence-corrected chi connectivity index (χ1v) is 9.57. The van der Waals surface area contributed by atoms with Gasteiger partial charge in [0.15, 0.2) is 5.65 Å². The fourth-order valence-corrected chi connectivity index (χ4v) is 4.97. The zero-order chi connectivity index (χ0) is 14.9. The highest BCUT2D eigenvalue weighted by atomic mass is 32.2. The Hall–Kier alpha value is -1.07. The number of likely N-dealkylation sites (tertiary alicyclic amines) is 1. The lowest BCUT2D eigenvalue weighted by molar-refractivity contribution is 0.280. The average molecular weight is 316 g/mol. The Morgan fingerprint density at radius 3 is 3.05 bits per heavy atom. The summed E-state index contributed by atoms with van der Waals surface area (Å²) in [5.41, 5.74) is 2.14. The molecule has 0 spiro atoms. The Morgan fingerprint density at radius 1 is 1.32 bits per heavy atom. The predicted octanol–water partition coefficient (Wildman–Crippen LogP) is 3.14. The minimum absolute atomic E-state index is 0.597. The van der Waals surface area contributed by atoms with Crippen LogP contribution in [0.4, 0.5) is 0 Å². The molecule has 2 aliphatic rings. The van der Waals surface area contributed by atoms with Crippen molar-refractivity contribution in [1.29, 1.82) is 0 Å². The summed E-state index contributed by atoms with van der Waals surface area (Å²) in [4.78, 5) is 12.1. The second-order valence-electron chi connectivity index (χ2n) is 6.62. The SMILES string of the molecule is CN1CCCC1Cn1c(C2CCCSC2)nc2cccnc21.